The molecule has 2 N–H and O–H groups in total. The largest absolute Gasteiger partial charge is 0.497 e. The van der Waals surface area contributed by atoms with Crippen molar-refractivity contribution in [3.8, 4) is 5.75 Å². The molecule has 6 aromatic carbocycles. The van der Waals surface area contributed by atoms with E-state index in [0.29, 0.717) is 5.75 Å². The van der Waals surface area contributed by atoms with Crippen LogP contribution in [0.15, 0.2) is 176 Å². The van der Waals surface area contributed by atoms with Gasteiger partial charge in [-0.15, -0.1) is 0 Å². The molecule has 0 radical (unpaired) electrons. The van der Waals surface area contributed by atoms with E-state index in [1.807, 2.05) is 0 Å². The number of aliphatic hydroxyl groups excluding tert-OH is 2. The highest BCUT2D eigenvalue weighted by molar-refractivity contribution is 5.92. The van der Waals surface area contributed by atoms with Gasteiger partial charge in [0.1, 0.15) is 30.7 Å². The minimum Gasteiger partial charge on any atom is -0.497 e. The molecule has 73 heavy (non-hydrogen) atoms. The summed E-state index contributed by atoms with van der Waals surface area (Å²) >= 11 is 0. The predicted octanol–water partition coefficient (Wildman–Crippen LogP) is 5.80. The van der Waals surface area contributed by atoms with Crippen LogP contribution >= 0.6 is 0 Å². The molecular weight excluding hydrogens is 949 g/mol. The average molecular weight is 997 g/mol. The molecule has 2 aliphatic heterocycles. The maximum Gasteiger partial charge on any atom is 0.338 e. The lowest BCUT2D eigenvalue weighted by Crippen LogP contribution is -2.67. The van der Waals surface area contributed by atoms with Crippen molar-refractivity contribution >= 4 is 35.8 Å². The fourth-order valence-corrected chi connectivity index (χ4v) is 7.94. The quantitative estimate of drug-likeness (QED) is 0.0811. The summed E-state index contributed by atoms with van der Waals surface area (Å²) < 4.78 is 60.3. The smallest absolute Gasteiger partial charge is 0.338 e. The van der Waals surface area contributed by atoms with Crippen molar-refractivity contribution in [2.75, 3.05) is 20.3 Å². The number of hydrogen-bond acceptors (Lipinski definition) is 18. The number of aliphatic hydroxyl groups is 2. The summed E-state index contributed by atoms with van der Waals surface area (Å²) in [4.78, 5) is 83.7. The van der Waals surface area contributed by atoms with Crippen LogP contribution in [0, 0.1) is 0 Å². The first kappa shape index (κ1) is 51.1. The first-order valence-corrected chi connectivity index (χ1v) is 22.9. The molecular formula is C55H48O18. The predicted molar refractivity (Wildman–Crippen MR) is 253 cm³/mol. The van der Waals surface area contributed by atoms with Crippen molar-refractivity contribution in [1.29, 1.82) is 0 Å². The van der Waals surface area contributed by atoms with E-state index in [2.05, 4.69) is 0 Å². The fourth-order valence-electron chi connectivity index (χ4n) is 7.94. The molecule has 18 heteroatoms. The lowest BCUT2D eigenvalue weighted by molar-refractivity contribution is -0.352. The Morgan fingerprint density at radius 2 is 0.767 bits per heavy atom. The van der Waals surface area contributed by atoms with Gasteiger partial charge < -0.3 is 57.6 Å². The van der Waals surface area contributed by atoms with Crippen LogP contribution in [0.3, 0.4) is 0 Å². The number of esters is 6. The molecule has 2 fully saturated rings. The second kappa shape index (κ2) is 24.2. The van der Waals surface area contributed by atoms with Gasteiger partial charge in [0.25, 0.3) is 0 Å². The van der Waals surface area contributed by atoms with Crippen LogP contribution in [0.4, 0.5) is 0 Å². The summed E-state index contributed by atoms with van der Waals surface area (Å²) in [6.45, 7) is -1.67. The van der Waals surface area contributed by atoms with Crippen molar-refractivity contribution < 1.29 is 86.3 Å². The number of rotatable bonds is 17. The van der Waals surface area contributed by atoms with E-state index < -0.39 is 110 Å². The number of methoxy groups -OCH3 is 1. The van der Waals surface area contributed by atoms with Crippen LogP contribution in [0.5, 0.6) is 5.75 Å². The third-order valence-electron chi connectivity index (χ3n) is 11.6. The molecule has 6 aromatic rings. The summed E-state index contributed by atoms with van der Waals surface area (Å²) in [5, 5.41) is 22.8. The summed E-state index contributed by atoms with van der Waals surface area (Å²) in [7, 11) is 1.44. The van der Waals surface area contributed by atoms with E-state index >= 15 is 0 Å². The van der Waals surface area contributed by atoms with Crippen molar-refractivity contribution in [2.45, 2.75) is 61.4 Å². The molecule has 0 aromatic heterocycles. The van der Waals surface area contributed by atoms with Crippen LogP contribution in [-0.2, 0) is 42.6 Å². The number of carbonyl (C=O) groups excluding carboxylic acids is 6. The van der Waals surface area contributed by atoms with Crippen molar-refractivity contribution in [1.82, 2.24) is 0 Å². The van der Waals surface area contributed by atoms with Crippen LogP contribution in [0.25, 0.3) is 0 Å². The first-order valence-electron chi connectivity index (χ1n) is 22.9. The second-order valence-electron chi connectivity index (χ2n) is 16.4. The highest BCUT2D eigenvalue weighted by Gasteiger charge is 2.58. The Kier molecular flexibility index (Phi) is 17.0. The van der Waals surface area contributed by atoms with E-state index in [1.54, 1.807) is 91.0 Å². The van der Waals surface area contributed by atoms with Gasteiger partial charge in [0.2, 0.25) is 0 Å². The molecule has 10 atom stereocenters. The zero-order valence-corrected chi connectivity index (χ0v) is 38.9. The summed E-state index contributed by atoms with van der Waals surface area (Å²) in [6, 6.07) is 44.3. The molecule has 0 bridgehead atoms. The Hall–Kier alpha value is -8.26. The van der Waals surface area contributed by atoms with Crippen LogP contribution in [-0.4, -0.2) is 128 Å². The monoisotopic (exact) mass is 996 g/mol. The van der Waals surface area contributed by atoms with Gasteiger partial charge >= 0.3 is 35.8 Å². The first-order chi connectivity index (χ1) is 35.5. The molecule has 0 aliphatic carbocycles. The fraction of sp³-hybridized carbons (Fsp3) is 0.236. The minimum absolute atomic E-state index is 0.00261. The maximum absolute atomic E-state index is 14.2. The van der Waals surface area contributed by atoms with Crippen molar-refractivity contribution in [3.63, 3.8) is 0 Å². The summed E-state index contributed by atoms with van der Waals surface area (Å²) in [5.41, 5.74) is 0.208. The molecule has 0 spiro atoms. The van der Waals surface area contributed by atoms with Gasteiger partial charge in [-0.3, -0.25) is 0 Å². The molecule has 376 valence electrons. The molecule has 0 saturated carbocycles. The van der Waals surface area contributed by atoms with Gasteiger partial charge in [-0.25, -0.2) is 28.8 Å². The Labute approximate surface area is 417 Å². The molecule has 0 unspecified atom stereocenters. The normalized spacial score (nSPS) is 23.4. The number of carbonyl (C=O) groups is 6. The molecule has 18 nitrogen and oxygen atoms in total. The highest BCUT2D eigenvalue weighted by Crippen LogP contribution is 2.36. The van der Waals surface area contributed by atoms with Gasteiger partial charge in [-0.05, 0) is 84.9 Å². The van der Waals surface area contributed by atoms with Gasteiger partial charge in [-0.2, -0.15) is 0 Å². The zero-order valence-electron chi connectivity index (χ0n) is 38.9. The minimum atomic E-state index is -2.09. The van der Waals surface area contributed by atoms with E-state index in [-0.39, 0.29) is 33.4 Å². The van der Waals surface area contributed by atoms with Crippen molar-refractivity contribution in [2.24, 2.45) is 0 Å². The Balaban J connectivity index is 1.24. The maximum atomic E-state index is 14.2. The third kappa shape index (κ3) is 12.6. The van der Waals surface area contributed by atoms with E-state index in [4.69, 9.17) is 47.4 Å². The topological polar surface area (TPSA) is 235 Å². The van der Waals surface area contributed by atoms with Gasteiger partial charge in [0.15, 0.2) is 43.1 Å². The summed E-state index contributed by atoms with van der Waals surface area (Å²) in [5.74, 6) is -5.40. The lowest BCUT2D eigenvalue weighted by Gasteiger charge is -2.48. The summed E-state index contributed by atoms with van der Waals surface area (Å²) in [6.07, 6.45) is -18.6. The second-order valence-corrected chi connectivity index (χ2v) is 16.4. The van der Waals surface area contributed by atoms with Crippen LogP contribution < -0.4 is 4.74 Å². The zero-order chi connectivity index (χ0) is 51.3. The van der Waals surface area contributed by atoms with E-state index in [0.717, 1.165) is 0 Å². The van der Waals surface area contributed by atoms with Gasteiger partial charge in [0, 0.05) is 0 Å². The van der Waals surface area contributed by atoms with Gasteiger partial charge in [-0.1, -0.05) is 91.0 Å². The molecule has 8 rings (SSSR count). The lowest BCUT2D eigenvalue weighted by atomic mass is 9.95. The average Bonchev–Trinajstić information content (AvgIpc) is 3.44. The number of hydrogen-bond donors (Lipinski definition) is 2. The number of ether oxygens (including phenoxy) is 10. The number of benzene rings is 6. The van der Waals surface area contributed by atoms with E-state index in [9.17, 15) is 39.0 Å². The van der Waals surface area contributed by atoms with Crippen LogP contribution in [0.2, 0.25) is 0 Å². The molecule has 2 saturated heterocycles. The van der Waals surface area contributed by atoms with Gasteiger partial charge in [0.05, 0.1) is 47.1 Å². The Morgan fingerprint density at radius 3 is 1.18 bits per heavy atom. The van der Waals surface area contributed by atoms with Crippen molar-refractivity contribution in [3.05, 3.63) is 209 Å². The highest BCUT2D eigenvalue weighted by atomic mass is 16.8. The molecule has 0 amide bonds. The molecule has 2 aliphatic rings. The Bertz CT molecular complexity index is 2800. The molecule has 2 heterocycles. The Morgan fingerprint density at radius 1 is 0.411 bits per heavy atom. The van der Waals surface area contributed by atoms with Crippen LogP contribution in [0.1, 0.15) is 62.1 Å². The third-order valence-corrected chi connectivity index (χ3v) is 11.6. The SMILES string of the molecule is COc1ccc(C(=O)O[C@@H]2[C@H](OC(=O)c3ccccc3)[C@@H](OC(=O)c3ccccc3)[C@H](O[C@H]3[C@H](OC(=O)c4ccccc4)[C@@H](OC(=O)c4ccccc4)[C@H](O)O[C@@H]3COC(=O)c3ccccc3)O[C@@H]2CO)cc1. The van der Waals surface area contributed by atoms with E-state index in [1.165, 1.54) is 92.0 Å². The standard InChI is InChI=1S/C55H48O18/c1-64-39-29-27-38(28-30-39)53(62)68-42-40(31-56)67-55(47(72-52(61)37-25-15-6-16-26-37)45(42)70-50(59)35-21-11-4-12-22-35)73-43-41(32-65-48(57)33-17-7-2-8-18-33)66-54(63)46(71-51(60)36-23-13-5-14-24-36)44(43)69-49(58)34-19-9-3-10-20-34/h2-30,40-47,54-56,63H,31-32H2,1H3/t40-,41-,42+,43-,44+,45+,46-,47-,54-,55+/m1/s1.